The minimum absolute atomic E-state index is 0.144. The molecule has 0 amide bonds. The standard InChI is InChI=1S/C35H53NO3/c1-24(2)13-9-14-25(3)15-10-16-26(4)17-11-20-35(8)21-19-31-29(7)32(27(5)28(6)33(31)39-35)38-34(37)30-18-12-22-36-23-30/h12,18,22-26H,9-11,13-17,19-21H2,1-8H3/t25-,26-,35+/m0/s1. The second-order valence-corrected chi connectivity index (χ2v) is 13.1. The largest absolute Gasteiger partial charge is 0.487 e. The average molecular weight is 536 g/mol. The van der Waals surface area contributed by atoms with Crippen LogP contribution in [0.25, 0.3) is 0 Å². The van der Waals surface area contributed by atoms with Crippen LogP contribution in [-0.2, 0) is 6.42 Å². The Labute approximate surface area is 238 Å². The van der Waals surface area contributed by atoms with Crippen molar-refractivity contribution in [2.45, 2.75) is 132 Å². The van der Waals surface area contributed by atoms with E-state index >= 15 is 0 Å². The highest BCUT2D eigenvalue weighted by molar-refractivity contribution is 5.91. The van der Waals surface area contributed by atoms with Crippen molar-refractivity contribution in [2.75, 3.05) is 0 Å². The average Bonchev–Trinajstić information content (AvgIpc) is 2.90. The SMILES string of the molecule is Cc1c(C)c2c(c(C)c1OC(=O)c1cccnc1)CC[C@@](C)(CCC[C@@H](C)CCC[C@@H](C)CCCC(C)C)O2. The van der Waals surface area contributed by atoms with Gasteiger partial charge in [0.05, 0.1) is 5.56 Å². The number of pyridine rings is 1. The fourth-order valence-corrected chi connectivity index (χ4v) is 6.05. The lowest BCUT2D eigenvalue weighted by atomic mass is 9.83. The molecular formula is C35H53NO3. The van der Waals surface area contributed by atoms with Gasteiger partial charge < -0.3 is 9.47 Å². The Kier molecular flexibility index (Phi) is 11.4. The first-order chi connectivity index (χ1) is 18.5. The van der Waals surface area contributed by atoms with Gasteiger partial charge in [-0.15, -0.1) is 0 Å². The van der Waals surface area contributed by atoms with Crippen LogP contribution in [0.3, 0.4) is 0 Å². The van der Waals surface area contributed by atoms with Gasteiger partial charge in [-0.25, -0.2) is 4.79 Å². The number of rotatable bonds is 14. The number of carbonyl (C=O) groups is 1. The number of fused-ring (bicyclic) bond motifs is 1. The van der Waals surface area contributed by atoms with Crippen molar-refractivity contribution < 1.29 is 14.3 Å². The second kappa shape index (κ2) is 14.3. The summed E-state index contributed by atoms with van der Waals surface area (Å²) in [6, 6.07) is 3.48. The van der Waals surface area contributed by atoms with Crippen LogP contribution in [0.4, 0.5) is 0 Å². The van der Waals surface area contributed by atoms with Crippen molar-refractivity contribution in [3.05, 3.63) is 52.3 Å². The van der Waals surface area contributed by atoms with Crippen LogP contribution in [0.5, 0.6) is 11.5 Å². The van der Waals surface area contributed by atoms with E-state index in [1.54, 1.807) is 24.5 Å². The Morgan fingerprint density at radius 1 is 0.949 bits per heavy atom. The predicted molar refractivity (Wildman–Crippen MR) is 162 cm³/mol. The maximum atomic E-state index is 12.7. The third kappa shape index (κ3) is 8.82. The Hall–Kier alpha value is -2.36. The lowest BCUT2D eigenvalue weighted by Crippen LogP contribution is -2.37. The summed E-state index contributed by atoms with van der Waals surface area (Å²) >= 11 is 0. The van der Waals surface area contributed by atoms with Crippen LogP contribution in [0.2, 0.25) is 0 Å². The van der Waals surface area contributed by atoms with Crippen molar-refractivity contribution in [3.63, 3.8) is 0 Å². The quantitative estimate of drug-likeness (QED) is 0.178. The van der Waals surface area contributed by atoms with Crippen LogP contribution >= 0.6 is 0 Å². The second-order valence-electron chi connectivity index (χ2n) is 13.1. The number of carbonyl (C=O) groups excluding carboxylic acids is 1. The molecule has 0 N–H and O–H groups in total. The van der Waals surface area contributed by atoms with Crippen LogP contribution in [0.1, 0.15) is 131 Å². The molecule has 1 aliphatic rings. The number of nitrogens with zero attached hydrogens (tertiary/aromatic N) is 1. The van der Waals surface area contributed by atoms with Crippen LogP contribution in [0.15, 0.2) is 24.5 Å². The van der Waals surface area contributed by atoms with E-state index in [2.05, 4.69) is 53.5 Å². The van der Waals surface area contributed by atoms with Gasteiger partial charge in [0.15, 0.2) is 0 Å². The molecule has 3 atom stereocenters. The number of aromatic nitrogens is 1. The van der Waals surface area contributed by atoms with Gasteiger partial charge in [0, 0.05) is 18.0 Å². The molecule has 0 saturated heterocycles. The molecule has 4 heteroatoms. The number of esters is 1. The van der Waals surface area contributed by atoms with E-state index in [0.717, 1.165) is 59.5 Å². The van der Waals surface area contributed by atoms with Gasteiger partial charge in [0.2, 0.25) is 0 Å². The molecule has 2 aromatic rings. The first-order valence-corrected chi connectivity index (χ1v) is 15.4. The van der Waals surface area contributed by atoms with Gasteiger partial charge in [-0.05, 0) is 100.0 Å². The van der Waals surface area contributed by atoms with Crippen molar-refractivity contribution in [1.29, 1.82) is 0 Å². The molecule has 1 aromatic carbocycles. The molecule has 0 saturated carbocycles. The van der Waals surface area contributed by atoms with Gasteiger partial charge in [-0.1, -0.05) is 72.6 Å². The molecule has 4 nitrogen and oxygen atoms in total. The van der Waals surface area contributed by atoms with Crippen molar-refractivity contribution in [1.82, 2.24) is 4.98 Å². The lowest BCUT2D eigenvalue weighted by Gasteiger charge is -2.38. The third-order valence-corrected chi connectivity index (χ3v) is 8.93. The summed E-state index contributed by atoms with van der Waals surface area (Å²) in [5, 5.41) is 0. The molecule has 2 heterocycles. The number of ether oxygens (including phenoxy) is 2. The summed E-state index contributed by atoms with van der Waals surface area (Å²) in [7, 11) is 0. The van der Waals surface area contributed by atoms with Gasteiger partial charge in [0.25, 0.3) is 0 Å². The van der Waals surface area contributed by atoms with Gasteiger partial charge in [0.1, 0.15) is 17.1 Å². The molecule has 0 radical (unpaired) electrons. The third-order valence-electron chi connectivity index (χ3n) is 8.93. The summed E-state index contributed by atoms with van der Waals surface area (Å²) in [6.45, 7) is 18.0. The fourth-order valence-electron chi connectivity index (χ4n) is 6.05. The Bertz CT molecular complexity index is 1080. The zero-order chi connectivity index (χ0) is 28.6. The summed E-state index contributed by atoms with van der Waals surface area (Å²) < 4.78 is 12.6. The first-order valence-electron chi connectivity index (χ1n) is 15.4. The van der Waals surface area contributed by atoms with Gasteiger partial charge in [-0.3, -0.25) is 4.98 Å². The van der Waals surface area contributed by atoms with Crippen molar-refractivity contribution in [3.8, 4) is 11.5 Å². The molecule has 0 unspecified atom stereocenters. The highest BCUT2D eigenvalue weighted by Gasteiger charge is 2.35. The maximum absolute atomic E-state index is 12.7. The minimum Gasteiger partial charge on any atom is -0.487 e. The van der Waals surface area contributed by atoms with Gasteiger partial charge in [-0.2, -0.15) is 0 Å². The molecular weight excluding hydrogens is 482 g/mol. The molecule has 39 heavy (non-hydrogen) atoms. The molecule has 0 bridgehead atoms. The Morgan fingerprint density at radius 3 is 2.21 bits per heavy atom. The van der Waals surface area contributed by atoms with E-state index in [4.69, 9.17) is 9.47 Å². The minimum atomic E-state index is -0.370. The molecule has 1 aliphatic heterocycles. The summed E-state index contributed by atoms with van der Waals surface area (Å²) in [6.07, 6.45) is 16.9. The van der Waals surface area contributed by atoms with E-state index in [9.17, 15) is 4.79 Å². The normalized spacial score (nSPS) is 18.4. The first kappa shape index (κ1) is 31.2. The Balaban J connectivity index is 1.51. The molecule has 1 aromatic heterocycles. The van der Waals surface area contributed by atoms with Gasteiger partial charge >= 0.3 is 5.97 Å². The summed E-state index contributed by atoms with van der Waals surface area (Å²) in [4.78, 5) is 16.8. The van der Waals surface area contributed by atoms with Crippen molar-refractivity contribution >= 4 is 5.97 Å². The van der Waals surface area contributed by atoms with E-state index in [0.29, 0.717) is 11.3 Å². The van der Waals surface area contributed by atoms with E-state index in [-0.39, 0.29) is 11.6 Å². The maximum Gasteiger partial charge on any atom is 0.345 e. The van der Waals surface area contributed by atoms with Crippen LogP contribution in [-0.4, -0.2) is 16.6 Å². The summed E-state index contributed by atoms with van der Waals surface area (Å²) in [5.41, 5.74) is 4.56. The molecule has 216 valence electrons. The predicted octanol–water partition coefficient (Wildman–Crippen LogP) is 9.75. The topological polar surface area (TPSA) is 48.4 Å². The zero-order valence-corrected chi connectivity index (χ0v) is 26.0. The van der Waals surface area contributed by atoms with E-state index in [1.165, 1.54) is 56.9 Å². The molecule has 0 fully saturated rings. The smallest absolute Gasteiger partial charge is 0.345 e. The molecule has 0 spiro atoms. The zero-order valence-electron chi connectivity index (χ0n) is 26.0. The number of hydrogen-bond acceptors (Lipinski definition) is 4. The van der Waals surface area contributed by atoms with Crippen LogP contribution in [0, 0.1) is 38.5 Å². The summed E-state index contributed by atoms with van der Waals surface area (Å²) in [5.74, 6) is 3.76. The van der Waals surface area contributed by atoms with E-state index in [1.807, 2.05) is 6.92 Å². The number of benzene rings is 1. The lowest BCUT2D eigenvalue weighted by molar-refractivity contribution is 0.0508. The Morgan fingerprint density at radius 2 is 1.59 bits per heavy atom. The molecule has 3 rings (SSSR count). The monoisotopic (exact) mass is 535 g/mol. The van der Waals surface area contributed by atoms with Crippen molar-refractivity contribution in [2.24, 2.45) is 17.8 Å². The highest BCUT2D eigenvalue weighted by atomic mass is 16.5. The fraction of sp³-hybridized carbons (Fsp3) is 0.657. The van der Waals surface area contributed by atoms with Crippen LogP contribution < -0.4 is 9.47 Å². The molecule has 0 aliphatic carbocycles. The van der Waals surface area contributed by atoms with E-state index < -0.39 is 0 Å². The highest BCUT2D eigenvalue weighted by Crippen LogP contribution is 2.45. The number of hydrogen-bond donors (Lipinski definition) is 0.